The third-order valence-electron chi connectivity index (χ3n) is 4.50. The molecule has 1 N–H and O–H groups in total. The van der Waals surface area contributed by atoms with E-state index in [-0.39, 0.29) is 11.9 Å². The van der Waals surface area contributed by atoms with Gasteiger partial charge in [0.25, 0.3) is 5.91 Å². The van der Waals surface area contributed by atoms with Crippen LogP contribution in [-0.4, -0.2) is 12.0 Å². The molecule has 0 saturated carbocycles. The average Bonchev–Trinajstić information content (AvgIpc) is 2.66. The summed E-state index contributed by atoms with van der Waals surface area (Å²) in [5, 5.41) is 3.19. The molecular weight excluding hydrogens is 322 g/mol. The molecule has 140 valence electrons. The smallest absolute Gasteiger partial charge is 0.261 e. The number of amides is 1. The Morgan fingerprint density at radius 3 is 2.19 bits per heavy atom. The number of carbonyl (C=O) groups excluding carboxylic acids is 1. The molecule has 0 saturated heterocycles. The molecule has 2 aromatic rings. The standard InChI is InChI=1S/C23H31NO2/c1-5-18-12-14-20(15-13-18)26-22(6-2)23(25)24-21(16-17(3)4)19-10-8-7-9-11-19/h7-15,17,21-22H,5-6,16H2,1-4H3,(H,24,25). The Hall–Kier alpha value is -2.29. The van der Waals surface area contributed by atoms with Crippen LogP contribution in [-0.2, 0) is 11.2 Å². The van der Waals surface area contributed by atoms with E-state index in [0.29, 0.717) is 12.3 Å². The van der Waals surface area contributed by atoms with Crippen LogP contribution in [0.1, 0.15) is 57.7 Å². The van der Waals surface area contributed by atoms with Gasteiger partial charge < -0.3 is 10.1 Å². The van der Waals surface area contributed by atoms with Crippen molar-refractivity contribution >= 4 is 5.91 Å². The monoisotopic (exact) mass is 353 g/mol. The molecule has 0 aromatic heterocycles. The highest BCUT2D eigenvalue weighted by molar-refractivity contribution is 5.81. The second-order valence-corrected chi connectivity index (χ2v) is 7.11. The molecule has 1 amide bonds. The first-order chi connectivity index (χ1) is 12.5. The van der Waals surface area contributed by atoms with Crippen molar-refractivity contribution in [1.82, 2.24) is 5.32 Å². The Balaban J connectivity index is 2.07. The van der Waals surface area contributed by atoms with Crippen LogP contribution in [0.2, 0.25) is 0 Å². The second kappa shape index (κ2) is 10.0. The van der Waals surface area contributed by atoms with E-state index in [0.717, 1.165) is 24.2 Å². The molecule has 2 rings (SSSR count). The zero-order valence-electron chi connectivity index (χ0n) is 16.4. The molecule has 0 aliphatic rings. The fraction of sp³-hybridized carbons (Fsp3) is 0.435. The highest BCUT2D eigenvalue weighted by atomic mass is 16.5. The zero-order chi connectivity index (χ0) is 18.9. The predicted molar refractivity (Wildman–Crippen MR) is 107 cm³/mol. The van der Waals surface area contributed by atoms with E-state index in [2.05, 4.69) is 38.2 Å². The number of rotatable bonds is 9. The van der Waals surface area contributed by atoms with Crippen molar-refractivity contribution in [1.29, 1.82) is 0 Å². The number of nitrogens with one attached hydrogen (secondary N) is 1. The molecule has 26 heavy (non-hydrogen) atoms. The molecule has 2 atom stereocenters. The summed E-state index contributed by atoms with van der Waals surface area (Å²) in [7, 11) is 0. The van der Waals surface area contributed by atoms with Crippen LogP contribution < -0.4 is 10.1 Å². The topological polar surface area (TPSA) is 38.3 Å². The van der Waals surface area contributed by atoms with Gasteiger partial charge in [0.15, 0.2) is 6.10 Å². The summed E-state index contributed by atoms with van der Waals surface area (Å²) in [4.78, 5) is 12.8. The molecular formula is C23H31NO2. The van der Waals surface area contributed by atoms with Crippen molar-refractivity contribution in [3.63, 3.8) is 0 Å². The Morgan fingerprint density at radius 2 is 1.65 bits per heavy atom. The molecule has 0 aliphatic carbocycles. The van der Waals surface area contributed by atoms with Crippen LogP contribution in [0.25, 0.3) is 0 Å². The fourth-order valence-electron chi connectivity index (χ4n) is 2.99. The van der Waals surface area contributed by atoms with Crippen LogP contribution >= 0.6 is 0 Å². The summed E-state index contributed by atoms with van der Waals surface area (Å²) in [5.74, 6) is 1.17. The molecule has 3 nitrogen and oxygen atoms in total. The van der Waals surface area contributed by atoms with Gasteiger partial charge >= 0.3 is 0 Å². The zero-order valence-corrected chi connectivity index (χ0v) is 16.4. The highest BCUT2D eigenvalue weighted by Gasteiger charge is 2.23. The van der Waals surface area contributed by atoms with Gasteiger partial charge in [0.1, 0.15) is 5.75 Å². The number of benzene rings is 2. The summed E-state index contributed by atoms with van der Waals surface area (Å²) < 4.78 is 5.95. The normalized spacial score (nSPS) is 13.3. The van der Waals surface area contributed by atoms with Gasteiger partial charge in [-0.3, -0.25) is 4.79 Å². The van der Waals surface area contributed by atoms with Gasteiger partial charge in [0.05, 0.1) is 6.04 Å². The molecule has 0 radical (unpaired) electrons. The molecule has 0 heterocycles. The summed E-state index contributed by atoms with van der Waals surface area (Å²) in [6, 6.07) is 18.1. The lowest BCUT2D eigenvalue weighted by molar-refractivity contribution is -0.129. The molecule has 0 aliphatic heterocycles. The van der Waals surface area contributed by atoms with Crippen LogP contribution in [0, 0.1) is 5.92 Å². The largest absolute Gasteiger partial charge is 0.481 e. The van der Waals surface area contributed by atoms with Crippen molar-refractivity contribution in [2.75, 3.05) is 0 Å². The second-order valence-electron chi connectivity index (χ2n) is 7.11. The van der Waals surface area contributed by atoms with Gasteiger partial charge in [0.2, 0.25) is 0 Å². The number of hydrogen-bond donors (Lipinski definition) is 1. The SMILES string of the molecule is CCc1ccc(OC(CC)C(=O)NC(CC(C)C)c2ccccc2)cc1. The van der Waals surface area contributed by atoms with Gasteiger partial charge in [0, 0.05) is 0 Å². The maximum absolute atomic E-state index is 12.8. The molecule has 2 aromatic carbocycles. The van der Waals surface area contributed by atoms with Gasteiger partial charge in [-0.15, -0.1) is 0 Å². The lowest BCUT2D eigenvalue weighted by Gasteiger charge is -2.24. The van der Waals surface area contributed by atoms with Crippen LogP contribution in [0.5, 0.6) is 5.75 Å². The third kappa shape index (κ3) is 5.91. The van der Waals surface area contributed by atoms with E-state index in [4.69, 9.17) is 4.74 Å². The Labute approximate surface area is 157 Å². The van der Waals surface area contributed by atoms with Crippen LogP contribution in [0.4, 0.5) is 0 Å². The van der Waals surface area contributed by atoms with Gasteiger partial charge in [-0.25, -0.2) is 0 Å². The fourth-order valence-corrected chi connectivity index (χ4v) is 2.99. The van der Waals surface area contributed by atoms with Gasteiger partial charge in [-0.2, -0.15) is 0 Å². The number of carbonyl (C=O) groups is 1. The van der Waals surface area contributed by atoms with E-state index >= 15 is 0 Å². The quantitative estimate of drug-likeness (QED) is 0.663. The maximum atomic E-state index is 12.8. The lowest BCUT2D eigenvalue weighted by atomic mass is 9.96. The highest BCUT2D eigenvalue weighted by Crippen LogP contribution is 2.22. The number of ether oxygens (including phenoxy) is 1. The first kappa shape index (κ1) is 20.0. The van der Waals surface area contributed by atoms with E-state index < -0.39 is 6.10 Å². The molecule has 0 spiro atoms. The first-order valence-electron chi connectivity index (χ1n) is 9.64. The Kier molecular flexibility index (Phi) is 7.71. The van der Waals surface area contributed by atoms with Crippen molar-refractivity contribution < 1.29 is 9.53 Å². The average molecular weight is 354 g/mol. The maximum Gasteiger partial charge on any atom is 0.261 e. The molecule has 2 unspecified atom stereocenters. The Morgan fingerprint density at radius 1 is 1.00 bits per heavy atom. The van der Waals surface area contributed by atoms with Gasteiger partial charge in [-0.05, 0) is 48.4 Å². The van der Waals surface area contributed by atoms with Crippen LogP contribution in [0.3, 0.4) is 0 Å². The summed E-state index contributed by atoms with van der Waals surface area (Å²) in [6.45, 7) is 8.44. The minimum atomic E-state index is -0.485. The molecule has 0 fully saturated rings. The van der Waals surface area contributed by atoms with E-state index in [1.165, 1.54) is 5.56 Å². The first-order valence-corrected chi connectivity index (χ1v) is 9.64. The minimum Gasteiger partial charge on any atom is -0.481 e. The van der Waals surface area contributed by atoms with Crippen molar-refractivity contribution in [2.24, 2.45) is 5.92 Å². The minimum absolute atomic E-state index is 0.00353. The van der Waals surface area contributed by atoms with E-state index in [9.17, 15) is 4.79 Å². The summed E-state index contributed by atoms with van der Waals surface area (Å²) >= 11 is 0. The molecule has 3 heteroatoms. The van der Waals surface area contributed by atoms with Crippen molar-refractivity contribution in [3.05, 3.63) is 65.7 Å². The molecule has 0 bridgehead atoms. The summed E-state index contributed by atoms with van der Waals surface area (Å²) in [5.41, 5.74) is 2.40. The Bertz CT molecular complexity index is 664. The van der Waals surface area contributed by atoms with Crippen molar-refractivity contribution in [2.45, 2.75) is 59.1 Å². The predicted octanol–water partition coefficient (Wildman–Crippen LogP) is 5.31. The van der Waals surface area contributed by atoms with Crippen LogP contribution in [0.15, 0.2) is 54.6 Å². The van der Waals surface area contributed by atoms with E-state index in [1.54, 1.807) is 0 Å². The lowest BCUT2D eigenvalue weighted by Crippen LogP contribution is -2.40. The van der Waals surface area contributed by atoms with Crippen molar-refractivity contribution in [3.8, 4) is 5.75 Å². The number of aryl methyl sites for hydroxylation is 1. The van der Waals surface area contributed by atoms with E-state index in [1.807, 2.05) is 49.4 Å². The number of hydrogen-bond acceptors (Lipinski definition) is 2. The van der Waals surface area contributed by atoms with Gasteiger partial charge in [-0.1, -0.05) is 70.2 Å². The third-order valence-corrected chi connectivity index (χ3v) is 4.50. The summed E-state index contributed by atoms with van der Waals surface area (Å²) in [6.07, 6.45) is 2.04.